The van der Waals surface area contributed by atoms with Gasteiger partial charge in [-0.15, -0.1) is 0 Å². The zero-order valence-electron chi connectivity index (χ0n) is 7.92. The third-order valence-corrected chi connectivity index (χ3v) is 1.28. The maximum Gasteiger partial charge on any atom is 0.336 e. The number of esters is 1. The van der Waals surface area contributed by atoms with E-state index in [0.717, 1.165) is 0 Å². The Kier molecular flexibility index (Phi) is 4.72. The minimum absolute atomic E-state index is 0.183. The van der Waals surface area contributed by atoms with E-state index in [1.807, 2.05) is 0 Å². The third kappa shape index (κ3) is 4.25. The Hall–Kier alpha value is -1.39. The average Bonchev–Trinajstić information content (AvgIpc) is 1.99. The van der Waals surface area contributed by atoms with Gasteiger partial charge >= 0.3 is 5.97 Å². The fraction of sp³-hybridized carbons (Fsp3) is 0.625. The molecule has 1 N–H and O–H groups in total. The number of carbonyl (C=O) groups excluding carboxylic acids is 3. The summed E-state index contributed by atoms with van der Waals surface area (Å²) in [6.07, 6.45) is 0. The van der Waals surface area contributed by atoms with Crippen molar-refractivity contribution in [2.45, 2.75) is 26.8 Å². The van der Waals surface area contributed by atoms with Gasteiger partial charge in [-0.3, -0.25) is 9.59 Å². The summed E-state index contributed by atoms with van der Waals surface area (Å²) in [6.45, 7) is 4.26. The number of ketones is 1. The Labute approximate surface area is 76.4 Å². The highest BCUT2D eigenvalue weighted by Crippen LogP contribution is 1.91. The van der Waals surface area contributed by atoms with Crippen molar-refractivity contribution in [1.29, 1.82) is 0 Å². The molecular weight excluding hydrogens is 174 g/mol. The molecule has 0 aromatic rings. The number of hydrogen-bond donors (Lipinski definition) is 1. The zero-order valence-corrected chi connectivity index (χ0v) is 7.92. The molecular formula is C8H13NO4. The molecule has 0 aliphatic carbocycles. The second kappa shape index (κ2) is 5.29. The van der Waals surface area contributed by atoms with Crippen LogP contribution in [0.1, 0.15) is 20.8 Å². The van der Waals surface area contributed by atoms with Crippen molar-refractivity contribution in [1.82, 2.24) is 5.32 Å². The molecule has 0 saturated heterocycles. The maximum absolute atomic E-state index is 11.1. The number of Topliss-reactive ketones (excluding diaryl/α,β-unsaturated/α-hetero) is 1. The summed E-state index contributed by atoms with van der Waals surface area (Å²) in [6, 6.07) is -1.17. The highest BCUT2D eigenvalue weighted by atomic mass is 16.5. The fourth-order valence-electron chi connectivity index (χ4n) is 0.755. The Balaban J connectivity index is 4.32. The molecule has 74 valence electrons. The van der Waals surface area contributed by atoms with Crippen molar-refractivity contribution in [2.75, 3.05) is 6.61 Å². The van der Waals surface area contributed by atoms with Gasteiger partial charge in [-0.1, -0.05) is 0 Å². The summed E-state index contributed by atoms with van der Waals surface area (Å²) in [7, 11) is 0. The molecule has 0 bridgehead atoms. The van der Waals surface area contributed by atoms with Crippen LogP contribution in [0.15, 0.2) is 0 Å². The normalized spacial score (nSPS) is 11.6. The van der Waals surface area contributed by atoms with Gasteiger partial charge in [0.2, 0.25) is 5.91 Å². The van der Waals surface area contributed by atoms with Crippen molar-refractivity contribution in [2.24, 2.45) is 0 Å². The van der Waals surface area contributed by atoms with Gasteiger partial charge < -0.3 is 10.1 Å². The second-order valence-corrected chi connectivity index (χ2v) is 2.50. The Morgan fingerprint density at radius 2 is 1.85 bits per heavy atom. The van der Waals surface area contributed by atoms with Crippen molar-refractivity contribution >= 4 is 17.7 Å². The molecule has 13 heavy (non-hydrogen) atoms. The van der Waals surface area contributed by atoms with Crippen molar-refractivity contribution in [3.63, 3.8) is 0 Å². The molecule has 5 nitrogen and oxygen atoms in total. The third-order valence-electron chi connectivity index (χ3n) is 1.28. The topological polar surface area (TPSA) is 72.5 Å². The first-order valence-electron chi connectivity index (χ1n) is 3.93. The van der Waals surface area contributed by atoms with E-state index in [9.17, 15) is 14.4 Å². The number of nitrogens with one attached hydrogen (secondary N) is 1. The molecule has 0 spiro atoms. The fourth-order valence-corrected chi connectivity index (χ4v) is 0.755. The predicted molar refractivity (Wildman–Crippen MR) is 44.9 cm³/mol. The molecule has 1 atom stereocenters. The Morgan fingerprint density at radius 1 is 1.31 bits per heavy atom. The van der Waals surface area contributed by atoms with Crippen LogP contribution >= 0.6 is 0 Å². The largest absolute Gasteiger partial charge is 0.464 e. The van der Waals surface area contributed by atoms with E-state index in [2.05, 4.69) is 10.1 Å². The molecule has 0 unspecified atom stereocenters. The van der Waals surface area contributed by atoms with Crippen LogP contribution in [0.4, 0.5) is 0 Å². The van der Waals surface area contributed by atoms with Crippen LogP contribution in [0.2, 0.25) is 0 Å². The van der Waals surface area contributed by atoms with E-state index in [1.165, 1.54) is 13.8 Å². The van der Waals surface area contributed by atoms with Crippen LogP contribution in [0.3, 0.4) is 0 Å². The molecule has 0 aliphatic heterocycles. The second-order valence-electron chi connectivity index (χ2n) is 2.50. The van der Waals surface area contributed by atoms with Gasteiger partial charge in [0.15, 0.2) is 11.8 Å². The number of rotatable bonds is 4. The lowest BCUT2D eigenvalue weighted by molar-refractivity contribution is -0.150. The highest BCUT2D eigenvalue weighted by Gasteiger charge is 2.24. The number of carbonyl (C=O) groups is 3. The van der Waals surface area contributed by atoms with Gasteiger partial charge in [-0.25, -0.2) is 4.79 Å². The molecule has 0 fully saturated rings. The van der Waals surface area contributed by atoms with Crippen LogP contribution < -0.4 is 5.32 Å². The van der Waals surface area contributed by atoms with Crippen LogP contribution in [-0.2, 0) is 19.1 Å². The Bertz CT molecular complexity index is 224. The van der Waals surface area contributed by atoms with Crippen LogP contribution in [0.5, 0.6) is 0 Å². The van der Waals surface area contributed by atoms with E-state index in [1.54, 1.807) is 6.92 Å². The zero-order chi connectivity index (χ0) is 10.4. The van der Waals surface area contributed by atoms with E-state index in [4.69, 9.17) is 0 Å². The first kappa shape index (κ1) is 11.6. The summed E-state index contributed by atoms with van der Waals surface area (Å²) in [5, 5.41) is 2.20. The molecule has 0 radical (unpaired) electrons. The molecule has 1 amide bonds. The van der Waals surface area contributed by atoms with Gasteiger partial charge in [0.25, 0.3) is 0 Å². The summed E-state index contributed by atoms with van der Waals surface area (Å²) in [4.78, 5) is 32.5. The van der Waals surface area contributed by atoms with E-state index in [0.29, 0.717) is 0 Å². The first-order chi connectivity index (χ1) is 5.99. The number of hydrogen-bond acceptors (Lipinski definition) is 4. The van der Waals surface area contributed by atoms with Crippen LogP contribution in [0, 0.1) is 0 Å². The minimum Gasteiger partial charge on any atom is -0.464 e. The summed E-state index contributed by atoms with van der Waals surface area (Å²) in [5.41, 5.74) is 0. The van der Waals surface area contributed by atoms with Gasteiger partial charge in [-0.05, 0) is 13.8 Å². The smallest absolute Gasteiger partial charge is 0.336 e. The van der Waals surface area contributed by atoms with Crippen LogP contribution in [-0.4, -0.2) is 30.3 Å². The summed E-state index contributed by atoms with van der Waals surface area (Å²) < 4.78 is 4.59. The van der Waals surface area contributed by atoms with Crippen LogP contribution in [0.25, 0.3) is 0 Å². The number of ether oxygens (including phenoxy) is 1. The van der Waals surface area contributed by atoms with Gasteiger partial charge in [0, 0.05) is 6.92 Å². The molecule has 0 aliphatic rings. The van der Waals surface area contributed by atoms with Crippen molar-refractivity contribution < 1.29 is 19.1 Å². The molecule has 5 heteroatoms. The quantitative estimate of drug-likeness (QED) is 0.482. The molecule has 0 saturated carbocycles. The average molecular weight is 187 g/mol. The lowest BCUT2D eigenvalue weighted by atomic mass is 10.2. The van der Waals surface area contributed by atoms with Gasteiger partial charge in [-0.2, -0.15) is 0 Å². The Morgan fingerprint density at radius 3 is 2.15 bits per heavy atom. The SMILES string of the molecule is CCOC(=O)[C@H](NC(C)=O)C(C)=O. The number of amides is 1. The van der Waals surface area contributed by atoms with E-state index >= 15 is 0 Å². The molecule has 0 aromatic heterocycles. The van der Waals surface area contributed by atoms with Gasteiger partial charge in [0.1, 0.15) is 0 Å². The molecule has 0 aromatic carbocycles. The lowest BCUT2D eigenvalue weighted by Crippen LogP contribution is -2.45. The monoisotopic (exact) mass is 187 g/mol. The van der Waals surface area contributed by atoms with E-state index < -0.39 is 23.7 Å². The summed E-state index contributed by atoms with van der Waals surface area (Å²) >= 11 is 0. The summed E-state index contributed by atoms with van der Waals surface area (Å²) in [5.74, 6) is -1.59. The molecule has 0 heterocycles. The highest BCUT2D eigenvalue weighted by molar-refractivity contribution is 6.04. The van der Waals surface area contributed by atoms with Gasteiger partial charge in [0.05, 0.1) is 6.61 Å². The lowest BCUT2D eigenvalue weighted by Gasteiger charge is -2.12. The standard InChI is InChI=1S/C8H13NO4/c1-4-13-8(12)7(5(2)10)9-6(3)11/h7H,4H2,1-3H3,(H,9,11)/t7-/m1/s1. The minimum atomic E-state index is -1.17. The first-order valence-corrected chi connectivity index (χ1v) is 3.93. The predicted octanol–water partition coefficient (Wildman–Crippen LogP) is -0.357. The van der Waals surface area contributed by atoms with Crippen molar-refractivity contribution in [3.8, 4) is 0 Å². The maximum atomic E-state index is 11.1. The van der Waals surface area contributed by atoms with Crippen molar-refractivity contribution in [3.05, 3.63) is 0 Å². The van der Waals surface area contributed by atoms with E-state index in [-0.39, 0.29) is 6.61 Å². The molecule has 0 rings (SSSR count).